The van der Waals surface area contributed by atoms with Gasteiger partial charge in [0.05, 0.1) is 7.11 Å². The van der Waals surface area contributed by atoms with Gasteiger partial charge < -0.3 is 14.6 Å². The van der Waals surface area contributed by atoms with E-state index in [9.17, 15) is 5.11 Å². The molecule has 96 valence electrons. The molecule has 4 nitrogen and oxygen atoms in total. The van der Waals surface area contributed by atoms with Gasteiger partial charge in [-0.2, -0.15) is 5.26 Å². The Morgan fingerprint density at radius 3 is 2.37 bits per heavy atom. The molecule has 4 heteroatoms. The van der Waals surface area contributed by atoms with Crippen molar-refractivity contribution in [1.29, 1.82) is 5.26 Å². The van der Waals surface area contributed by atoms with Crippen LogP contribution in [-0.2, 0) is 4.74 Å². The number of hydrogen-bond acceptors (Lipinski definition) is 4. The fourth-order valence-corrected chi connectivity index (χ4v) is 1.85. The minimum absolute atomic E-state index is 0.0959. The molecular formula is C15H13NO3. The van der Waals surface area contributed by atoms with E-state index in [1.165, 1.54) is 0 Å². The van der Waals surface area contributed by atoms with E-state index < -0.39 is 6.10 Å². The minimum Gasteiger partial charge on any atom is -0.508 e. The summed E-state index contributed by atoms with van der Waals surface area (Å²) < 4.78 is 10.2. The number of ether oxygens (including phenoxy) is 2. The first-order valence-corrected chi connectivity index (χ1v) is 5.73. The van der Waals surface area contributed by atoms with Gasteiger partial charge in [-0.15, -0.1) is 0 Å². The van der Waals surface area contributed by atoms with Crippen molar-refractivity contribution in [3.8, 4) is 17.8 Å². The molecule has 0 amide bonds. The molecule has 0 aliphatic carbocycles. The Balaban J connectivity index is 2.40. The lowest BCUT2D eigenvalue weighted by Gasteiger charge is -2.16. The van der Waals surface area contributed by atoms with Crippen LogP contribution in [0.1, 0.15) is 17.2 Å². The highest BCUT2D eigenvalue weighted by atomic mass is 16.5. The summed E-state index contributed by atoms with van der Waals surface area (Å²) >= 11 is 0. The summed E-state index contributed by atoms with van der Waals surface area (Å²) in [5, 5.41) is 18.6. The van der Waals surface area contributed by atoms with Gasteiger partial charge in [-0.3, -0.25) is 0 Å². The predicted molar refractivity (Wildman–Crippen MR) is 69.6 cm³/mol. The number of benzene rings is 2. The van der Waals surface area contributed by atoms with E-state index in [2.05, 4.69) is 0 Å². The average molecular weight is 255 g/mol. The number of phenolic OH excluding ortho intramolecular Hbond substituents is 1. The zero-order valence-electron chi connectivity index (χ0n) is 10.4. The van der Waals surface area contributed by atoms with Gasteiger partial charge in [-0.05, 0) is 23.8 Å². The fourth-order valence-electron chi connectivity index (χ4n) is 1.85. The summed E-state index contributed by atoms with van der Waals surface area (Å²) in [4.78, 5) is 0. The summed E-state index contributed by atoms with van der Waals surface area (Å²) in [6.45, 7) is 0. The summed E-state index contributed by atoms with van der Waals surface area (Å²) in [5.74, 6) is 0.815. The van der Waals surface area contributed by atoms with Crippen molar-refractivity contribution in [1.82, 2.24) is 0 Å². The van der Waals surface area contributed by atoms with Gasteiger partial charge in [0, 0.05) is 5.56 Å². The van der Waals surface area contributed by atoms with Crippen molar-refractivity contribution >= 4 is 0 Å². The number of nitriles is 1. The molecule has 1 N–H and O–H groups in total. The maximum absolute atomic E-state index is 9.86. The van der Waals surface area contributed by atoms with E-state index in [1.807, 2.05) is 0 Å². The minimum atomic E-state index is -0.628. The Kier molecular flexibility index (Phi) is 3.89. The summed E-state index contributed by atoms with van der Waals surface area (Å²) in [6.07, 6.45) is 1.05. The molecule has 1 atom stereocenters. The highest BCUT2D eigenvalue weighted by molar-refractivity contribution is 5.41. The molecule has 2 aromatic rings. The lowest BCUT2D eigenvalue weighted by atomic mass is 10.0. The SMILES string of the molecule is COc1ccc(C(OC#N)c2ccccc2O)cc1. The third kappa shape index (κ3) is 2.78. The van der Waals surface area contributed by atoms with Gasteiger partial charge in [-0.1, -0.05) is 30.3 Å². The van der Waals surface area contributed by atoms with Crippen LogP contribution in [0.3, 0.4) is 0 Å². The Morgan fingerprint density at radius 2 is 1.79 bits per heavy atom. The standard InChI is InChI=1S/C15H13NO3/c1-18-12-8-6-11(7-9-12)15(19-10-16)13-4-2-3-5-14(13)17/h2-9,15,17H,1H3. The number of rotatable bonds is 4. The quantitative estimate of drug-likeness (QED) is 0.853. The van der Waals surface area contributed by atoms with Crippen molar-refractivity contribution < 1.29 is 14.6 Å². The fraction of sp³-hybridized carbons (Fsp3) is 0.133. The average Bonchev–Trinajstić information content (AvgIpc) is 2.46. The smallest absolute Gasteiger partial charge is 0.287 e. The first-order chi connectivity index (χ1) is 9.26. The van der Waals surface area contributed by atoms with E-state index in [0.29, 0.717) is 5.56 Å². The maximum Gasteiger partial charge on any atom is 0.287 e. The first kappa shape index (κ1) is 12.8. The molecule has 0 heterocycles. The molecule has 2 rings (SSSR count). The molecule has 1 unspecified atom stereocenters. The molecular weight excluding hydrogens is 242 g/mol. The highest BCUT2D eigenvalue weighted by Crippen LogP contribution is 2.32. The van der Waals surface area contributed by atoms with Crippen LogP contribution in [0, 0.1) is 11.5 Å². The van der Waals surface area contributed by atoms with Gasteiger partial charge in [0.15, 0.2) is 6.10 Å². The number of phenols is 1. The lowest BCUT2D eigenvalue weighted by molar-refractivity contribution is 0.198. The number of methoxy groups -OCH3 is 1. The second-order valence-corrected chi connectivity index (χ2v) is 3.92. The van der Waals surface area contributed by atoms with E-state index in [-0.39, 0.29) is 5.75 Å². The van der Waals surface area contributed by atoms with Crippen LogP contribution in [0.2, 0.25) is 0 Å². The van der Waals surface area contributed by atoms with Crippen LogP contribution in [0.15, 0.2) is 48.5 Å². The van der Waals surface area contributed by atoms with E-state index in [1.54, 1.807) is 61.9 Å². The van der Waals surface area contributed by atoms with Gasteiger partial charge in [-0.25, -0.2) is 0 Å². The topological polar surface area (TPSA) is 62.5 Å². The number of para-hydroxylation sites is 1. The van der Waals surface area contributed by atoms with Crippen molar-refractivity contribution in [2.75, 3.05) is 7.11 Å². The van der Waals surface area contributed by atoms with Crippen molar-refractivity contribution in [3.63, 3.8) is 0 Å². The van der Waals surface area contributed by atoms with Gasteiger partial charge in [0.25, 0.3) is 6.26 Å². The van der Waals surface area contributed by atoms with Crippen LogP contribution >= 0.6 is 0 Å². The maximum atomic E-state index is 9.86. The molecule has 0 aliphatic rings. The molecule has 0 fully saturated rings. The highest BCUT2D eigenvalue weighted by Gasteiger charge is 2.18. The van der Waals surface area contributed by atoms with Gasteiger partial charge in [0.1, 0.15) is 11.5 Å². The Labute approximate surface area is 111 Å². The van der Waals surface area contributed by atoms with E-state index >= 15 is 0 Å². The lowest BCUT2D eigenvalue weighted by Crippen LogP contribution is -2.03. The van der Waals surface area contributed by atoms with Gasteiger partial charge >= 0.3 is 0 Å². The predicted octanol–water partition coefficient (Wildman–Crippen LogP) is 2.99. The largest absolute Gasteiger partial charge is 0.508 e. The van der Waals surface area contributed by atoms with Crippen LogP contribution in [-0.4, -0.2) is 12.2 Å². The van der Waals surface area contributed by atoms with Crippen molar-refractivity contribution in [2.24, 2.45) is 0 Å². The zero-order valence-corrected chi connectivity index (χ0v) is 10.4. The van der Waals surface area contributed by atoms with Crippen LogP contribution in [0.25, 0.3) is 0 Å². The van der Waals surface area contributed by atoms with E-state index in [0.717, 1.165) is 11.3 Å². The monoisotopic (exact) mass is 255 g/mol. The molecule has 0 aromatic heterocycles. The van der Waals surface area contributed by atoms with Crippen LogP contribution in [0.4, 0.5) is 0 Å². The molecule has 0 spiro atoms. The molecule has 0 saturated carbocycles. The third-order valence-corrected chi connectivity index (χ3v) is 2.81. The zero-order chi connectivity index (χ0) is 13.7. The van der Waals surface area contributed by atoms with Crippen molar-refractivity contribution in [2.45, 2.75) is 6.10 Å². The van der Waals surface area contributed by atoms with Crippen molar-refractivity contribution in [3.05, 3.63) is 59.7 Å². The Hall–Kier alpha value is -2.67. The molecule has 0 aliphatic heterocycles. The molecule has 0 saturated heterocycles. The molecule has 2 aromatic carbocycles. The van der Waals surface area contributed by atoms with Gasteiger partial charge in [0.2, 0.25) is 0 Å². The normalized spacial score (nSPS) is 11.4. The first-order valence-electron chi connectivity index (χ1n) is 5.73. The Morgan fingerprint density at radius 1 is 1.11 bits per heavy atom. The molecule has 19 heavy (non-hydrogen) atoms. The van der Waals surface area contributed by atoms with E-state index in [4.69, 9.17) is 14.7 Å². The second kappa shape index (κ2) is 5.78. The van der Waals surface area contributed by atoms with Crippen LogP contribution < -0.4 is 4.74 Å². The summed E-state index contributed by atoms with van der Waals surface area (Å²) in [6, 6.07) is 13.9. The number of aromatic hydroxyl groups is 1. The summed E-state index contributed by atoms with van der Waals surface area (Å²) in [7, 11) is 1.58. The van der Waals surface area contributed by atoms with Crippen LogP contribution in [0.5, 0.6) is 11.5 Å². The summed E-state index contributed by atoms with van der Waals surface area (Å²) in [5.41, 5.74) is 1.32. The Bertz CT molecular complexity index is 587. The number of hydrogen-bond donors (Lipinski definition) is 1. The molecule has 0 bridgehead atoms. The second-order valence-electron chi connectivity index (χ2n) is 3.92. The third-order valence-electron chi connectivity index (χ3n) is 2.81. The number of nitrogens with zero attached hydrogens (tertiary/aromatic N) is 1. The molecule has 0 radical (unpaired) electrons.